The van der Waals surface area contributed by atoms with E-state index < -0.39 is 27.1 Å². The Morgan fingerprint density at radius 3 is 2.53 bits per heavy atom. The lowest BCUT2D eigenvalue weighted by Gasteiger charge is -2.29. The summed E-state index contributed by atoms with van der Waals surface area (Å²) in [6, 6.07) is 4.36. The normalized spacial score (nSPS) is 15.7. The molecule has 3 heterocycles. The van der Waals surface area contributed by atoms with Crippen LogP contribution in [0.4, 0.5) is 13.2 Å². The Hall–Kier alpha value is -3.17. The van der Waals surface area contributed by atoms with Gasteiger partial charge >= 0.3 is 6.18 Å². The molecule has 1 atom stereocenters. The molecule has 0 unspecified atom stereocenters. The summed E-state index contributed by atoms with van der Waals surface area (Å²) in [5, 5.41) is 10.6. The fraction of sp³-hybridized carbons (Fsp3) is 0.409. The van der Waals surface area contributed by atoms with Crippen molar-refractivity contribution in [2.45, 2.75) is 56.3 Å². The van der Waals surface area contributed by atoms with Gasteiger partial charge in [0.2, 0.25) is 10.0 Å². The Labute approximate surface area is 194 Å². The van der Waals surface area contributed by atoms with Crippen molar-refractivity contribution in [2.24, 2.45) is 0 Å². The lowest BCUT2D eigenvalue weighted by atomic mass is 9.92. The number of nitrogens with zero attached hydrogens (tertiary/aromatic N) is 4. The van der Waals surface area contributed by atoms with Crippen LogP contribution in [0.2, 0.25) is 0 Å². The number of halogens is 3. The summed E-state index contributed by atoms with van der Waals surface area (Å²) in [5.74, 6) is 0.528. The molecule has 0 saturated heterocycles. The van der Waals surface area contributed by atoms with Gasteiger partial charge in [-0.2, -0.15) is 23.2 Å². The molecule has 1 saturated carbocycles. The molecular weight excluding hydrogens is 471 g/mol. The topological polar surface area (TPSA) is 110 Å². The number of hydrogen-bond acceptors (Lipinski definition) is 6. The number of aryl methyl sites for hydroxylation is 1. The second kappa shape index (κ2) is 8.56. The summed E-state index contributed by atoms with van der Waals surface area (Å²) in [7, 11) is -2.94. The molecule has 8 nitrogen and oxygen atoms in total. The van der Waals surface area contributed by atoms with Crippen molar-refractivity contribution in [2.75, 3.05) is 7.11 Å². The van der Waals surface area contributed by atoms with E-state index >= 15 is 0 Å². The largest absolute Gasteiger partial charge is 0.495 e. The molecule has 3 aromatic heterocycles. The van der Waals surface area contributed by atoms with Crippen LogP contribution in [0.15, 0.2) is 29.3 Å². The lowest BCUT2D eigenvalue weighted by molar-refractivity contribution is -0.147. The van der Waals surface area contributed by atoms with E-state index in [1.54, 1.807) is 17.7 Å². The third kappa shape index (κ3) is 4.10. The number of methoxy groups -OCH3 is 1. The standard InChI is InChI=1S/C22H22F3N5O3S/c1-12-19(33-3)9-16-17(10-26)20(30(21(16)28-12)14-5-4-6-14)18-8-7-15(11-27-18)34(31,32)29-13(2)22(23,24)25/h7-9,11,13-14,29H,4-6H2,1-3H3/t13-/m0/s1. The number of aromatic nitrogens is 3. The smallest absolute Gasteiger partial charge is 0.404 e. The van der Waals surface area contributed by atoms with Gasteiger partial charge in [0.1, 0.15) is 28.4 Å². The molecule has 180 valence electrons. The number of ether oxygens (including phenoxy) is 1. The van der Waals surface area contributed by atoms with Crippen molar-refractivity contribution >= 4 is 21.1 Å². The highest BCUT2D eigenvalue weighted by Gasteiger charge is 2.39. The average Bonchev–Trinajstić information content (AvgIpc) is 3.03. The summed E-state index contributed by atoms with van der Waals surface area (Å²) in [4.78, 5) is 8.48. The SMILES string of the molecule is COc1cc2c(C#N)c(-c3ccc(S(=O)(=O)N[C@@H](C)C(F)(F)F)cn3)n(C3CCC3)c2nc1C. The minimum absolute atomic E-state index is 0.0967. The fourth-order valence-electron chi connectivity index (χ4n) is 3.91. The van der Waals surface area contributed by atoms with Gasteiger partial charge in [0.25, 0.3) is 0 Å². The number of fused-ring (bicyclic) bond motifs is 1. The quantitative estimate of drug-likeness (QED) is 0.550. The molecule has 34 heavy (non-hydrogen) atoms. The Morgan fingerprint density at radius 1 is 1.32 bits per heavy atom. The molecule has 0 bridgehead atoms. The summed E-state index contributed by atoms with van der Waals surface area (Å²) >= 11 is 0. The number of rotatable bonds is 6. The van der Waals surface area contributed by atoms with E-state index in [0.717, 1.165) is 32.4 Å². The monoisotopic (exact) mass is 493 g/mol. The van der Waals surface area contributed by atoms with Crippen molar-refractivity contribution < 1.29 is 26.3 Å². The van der Waals surface area contributed by atoms with Crippen molar-refractivity contribution in [3.05, 3.63) is 35.7 Å². The van der Waals surface area contributed by atoms with Crippen LogP contribution in [-0.4, -0.2) is 42.3 Å². The lowest BCUT2D eigenvalue weighted by Crippen LogP contribution is -2.42. The Bertz CT molecular complexity index is 1390. The van der Waals surface area contributed by atoms with Crippen LogP contribution < -0.4 is 9.46 Å². The highest BCUT2D eigenvalue weighted by atomic mass is 32.2. The van der Waals surface area contributed by atoms with Gasteiger partial charge in [-0.15, -0.1) is 0 Å². The van der Waals surface area contributed by atoms with Gasteiger partial charge in [0.15, 0.2) is 0 Å². The predicted octanol–water partition coefficient (Wildman–Crippen LogP) is 4.24. The molecule has 4 rings (SSSR count). The van der Waals surface area contributed by atoms with Gasteiger partial charge in [-0.05, 0) is 51.3 Å². The molecule has 0 aromatic carbocycles. The van der Waals surface area contributed by atoms with E-state index in [1.165, 1.54) is 19.2 Å². The van der Waals surface area contributed by atoms with E-state index in [4.69, 9.17) is 4.74 Å². The van der Waals surface area contributed by atoms with Crippen molar-refractivity contribution in [3.63, 3.8) is 0 Å². The van der Waals surface area contributed by atoms with Crippen LogP contribution in [0.25, 0.3) is 22.4 Å². The molecule has 0 spiro atoms. The van der Waals surface area contributed by atoms with Gasteiger partial charge in [-0.3, -0.25) is 4.98 Å². The first-order valence-corrected chi connectivity index (χ1v) is 12.0. The third-order valence-electron chi connectivity index (χ3n) is 6.01. The first-order valence-electron chi connectivity index (χ1n) is 10.5. The Balaban J connectivity index is 1.83. The molecule has 1 aliphatic carbocycles. The zero-order chi connectivity index (χ0) is 24.8. The van der Waals surface area contributed by atoms with E-state index in [9.17, 15) is 26.9 Å². The summed E-state index contributed by atoms with van der Waals surface area (Å²) in [6.45, 7) is 2.52. The first kappa shape index (κ1) is 24.0. The minimum atomic E-state index is -4.72. The second-order valence-electron chi connectivity index (χ2n) is 8.20. The van der Waals surface area contributed by atoms with Crippen LogP contribution >= 0.6 is 0 Å². The number of nitrogens with one attached hydrogen (secondary N) is 1. The second-order valence-corrected chi connectivity index (χ2v) is 9.92. The number of alkyl halides is 3. The maximum Gasteiger partial charge on any atom is 0.404 e. The number of sulfonamides is 1. The van der Waals surface area contributed by atoms with E-state index in [0.29, 0.717) is 39.4 Å². The highest BCUT2D eigenvalue weighted by Crippen LogP contribution is 2.42. The van der Waals surface area contributed by atoms with E-state index in [2.05, 4.69) is 16.0 Å². The van der Waals surface area contributed by atoms with Gasteiger partial charge in [0, 0.05) is 17.6 Å². The van der Waals surface area contributed by atoms with Crippen LogP contribution in [0.5, 0.6) is 5.75 Å². The summed E-state index contributed by atoms with van der Waals surface area (Å²) in [6.07, 6.45) is -0.934. The van der Waals surface area contributed by atoms with Gasteiger partial charge in [-0.25, -0.2) is 13.4 Å². The van der Waals surface area contributed by atoms with E-state index in [-0.39, 0.29) is 6.04 Å². The fourth-order valence-corrected chi connectivity index (χ4v) is 5.09. The van der Waals surface area contributed by atoms with Crippen molar-refractivity contribution in [1.29, 1.82) is 5.26 Å². The first-order chi connectivity index (χ1) is 16.0. The molecule has 0 aliphatic heterocycles. The maximum atomic E-state index is 12.8. The van der Waals surface area contributed by atoms with Crippen molar-refractivity contribution in [1.82, 2.24) is 19.3 Å². The molecular formula is C22H22F3N5O3S. The number of hydrogen-bond donors (Lipinski definition) is 1. The predicted molar refractivity (Wildman–Crippen MR) is 118 cm³/mol. The average molecular weight is 494 g/mol. The number of pyridine rings is 2. The van der Waals surface area contributed by atoms with Crippen LogP contribution in [-0.2, 0) is 10.0 Å². The van der Waals surface area contributed by atoms with Gasteiger partial charge in [0.05, 0.1) is 29.8 Å². The Kier molecular flexibility index (Phi) is 6.03. The van der Waals surface area contributed by atoms with E-state index in [1.807, 2.05) is 4.57 Å². The highest BCUT2D eigenvalue weighted by molar-refractivity contribution is 7.89. The summed E-state index contributed by atoms with van der Waals surface area (Å²) in [5.41, 5.74) is 2.39. The minimum Gasteiger partial charge on any atom is -0.495 e. The van der Waals surface area contributed by atoms with Gasteiger partial charge < -0.3 is 9.30 Å². The van der Waals surface area contributed by atoms with Gasteiger partial charge in [-0.1, -0.05) is 0 Å². The Morgan fingerprint density at radius 2 is 2.03 bits per heavy atom. The zero-order valence-corrected chi connectivity index (χ0v) is 19.5. The molecule has 1 N–H and O–H groups in total. The molecule has 0 radical (unpaired) electrons. The molecule has 3 aromatic rings. The zero-order valence-electron chi connectivity index (χ0n) is 18.6. The van der Waals surface area contributed by atoms with Crippen molar-refractivity contribution in [3.8, 4) is 23.2 Å². The third-order valence-corrected chi connectivity index (χ3v) is 7.53. The molecule has 1 fully saturated rings. The maximum absolute atomic E-state index is 12.8. The van der Waals surface area contributed by atoms with Crippen LogP contribution in [0.3, 0.4) is 0 Å². The number of nitriles is 1. The molecule has 0 amide bonds. The molecule has 1 aliphatic rings. The van der Waals surface area contributed by atoms with Crippen LogP contribution in [0, 0.1) is 18.3 Å². The van der Waals surface area contributed by atoms with Crippen LogP contribution in [0.1, 0.15) is 43.5 Å². The summed E-state index contributed by atoms with van der Waals surface area (Å²) < 4.78 is 72.2. The molecule has 12 heteroatoms.